The number of rotatable bonds is 9. The van der Waals surface area contributed by atoms with E-state index in [0.717, 1.165) is 11.0 Å². The minimum atomic E-state index is -4.77. The average molecular weight is 652 g/mol. The number of hydrogen-bond acceptors (Lipinski definition) is 6. The maximum atomic E-state index is 13.8. The number of aromatic nitrogens is 1. The van der Waals surface area contributed by atoms with Crippen molar-refractivity contribution in [3.8, 4) is 0 Å². The van der Waals surface area contributed by atoms with Gasteiger partial charge in [0.2, 0.25) is 5.91 Å². The quantitative estimate of drug-likeness (QED) is 0.161. The lowest BCUT2D eigenvalue weighted by atomic mass is 9.98. The maximum absolute atomic E-state index is 13.8. The van der Waals surface area contributed by atoms with E-state index in [1.165, 1.54) is 29.7 Å². The first kappa shape index (κ1) is 32.8. The Morgan fingerprint density at radius 2 is 1.88 bits per heavy atom. The Bertz CT molecular complexity index is 1460. The van der Waals surface area contributed by atoms with Crippen molar-refractivity contribution in [1.29, 1.82) is 5.41 Å². The standard InChI is InChI=1S/C27H29Cl2F5N6O3/c1-25(2,43)12-36-9-17(22(29)35)23(41)38-15-6-14(10-40(11-15)24(42)18-8-26(18,30)31)37-20-7-21(27(32,33)34)39-19-4-3-13(28)5-16(19)20/h3-5,7,9,14-15,18,35-36,43H,6,8,10-12H2,1-2H3,(H,37,39)(H,38,41)/p+1/b17-9+,35-22?/t14-,15+,18-/m1/s1. The molecule has 1 aliphatic carbocycles. The van der Waals surface area contributed by atoms with Gasteiger partial charge in [0.25, 0.3) is 11.8 Å². The minimum Gasteiger partial charge on any atom is -0.385 e. The lowest BCUT2D eigenvalue weighted by molar-refractivity contribution is -0.602. The Labute approximate surface area is 253 Å². The lowest BCUT2D eigenvalue weighted by Crippen LogP contribution is -2.82. The molecule has 2 heterocycles. The summed E-state index contributed by atoms with van der Waals surface area (Å²) in [4.78, 5) is 30.9. The molecule has 3 atom stereocenters. The van der Waals surface area contributed by atoms with Crippen LogP contribution in [0, 0.1) is 11.3 Å². The summed E-state index contributed by atoms with van der Waals surface area (Å²) in [5.74, 6) is -6.31. The number of aliphatic hydroxyl groups is 1. The van der Waals surface area contributed by atoms with Crippen molar-refractivity contribution >= 4 is 56.8 Å². The third-order valence-electron chi connectivity index (χ3n) is 7.03. The summed E-state index contributed by atoms with van der Waals surface area (Å²) in [6.45, 7) is 2.96. The topological polar surface area (TPSA) is 135 Å². The van der Waals surface area contributed by atoms with Crippen LogP contribution in [-0.4, -0.2) is 75.2 Å². The maximum Gasteiger partial charge on any atom is 0.433 e. The molecule has 2 aliphatic rings. The van der Waals surface area contributed by atoms with Gasteiger partial charge in [-0.3, -0.25) is 15.0 Å². The molecule has 0 radical (unpaired) electrons. The number of carbonyl (C=O) groups is 2. The summed E-state index contributed by atoms with van der Waals surface area (Å²) in [7, 11) is 0. The highest BCUT2D eigenvalue weighted by Crippen LogP contribution is 2.49. The zero-order valence-electron chi connectivity index (χ0n) is 23.0. The monoisotopic (exact) mass is 651 g/mol. The molecule has 2 fully saturated rings. The molecule has 0 bridgehead atoms. The van der Waals surface area contributed by atoms with Gasteiger partial charge in [-0.25, -0.2) is 13.8 Å². The Kier molecular flexibility index (Phi) is 9.27. The fourth-order valence-corrected chi connectivity index (χ4v) is 5.17. The third kappa shape index (κ3) is 8.31. The minimum absolute atomic E-state index is 0.00490. The van der Waals surface area contributed by atoms with Crippen LogP contribution < -0.4 is 16.0 Å². The number of hydrogen-bond donors (Lipinski definition) is 5. The predicted molar refractivity (Wildman–Crippen MR) is 150 cm³/mol. The summed E-state index contributed by atoms with van der Waals surface area (Å²) >= 11 is 11.9. The smallest absolute Gasteiger partial charge is 0.385 e. The highest BCUT2D eigenvalue weighted by Gasteiger charge is 2.62. The van der Waals surface area contributed by atoms with Gasteiger partial charge >= 0.3 is 6.18 Å². The molecule has 1 saturated heterocycles. The number of pyridine rings is 1. The number of fused-ring (bicyclic) bond motifs is 1. The summed E-state index contributed by atoms with van der Waals surface area (Å²) in [5, 5.41) is 24.7. The van der Waals surface area contributed by atoms with E-state index in [4.69, 9.17) is 28.6 Å². The number of alkyl halides is 5. The van der Waals surface area contributed by atoms with Crippen LogP contribution in [0.4, 0.5) is 27.6 Å². The number of nitrogens with zero attached hydrogens (tertiary/aromatic N) is 2. The first-order valence-corrected chi connectivity index (χ1v) is 14.0. The van der Waals surface area contributed by atoms with Gasteiger partial charge in [-0.1, -0.05) is 23.2 Å². The molecule has 2 amide bonds. The van der Waals surface area contributed by atoms with E-state index < -0.39 is 64.8 Å². The Morgan fingerprint density at radius 1 is 1.23 bits per heavy atom. The molecule has 16 heteroatoms. The van der Waals surface area contributed by atoms with Crippen LogP contribution in [0.2, 0.25) is 5.02 Å². The van der Waals surface area contributed by atoms with Gasteiger partial charge in [0, 0.05) is 47.7 Å². The van der Waals surface area contributed by atoms with Crippen molar-refractivity contribution in [2.24, 2.45) is 5.92 Å². The number of quaternary nitrogens is 1. The van der Waals surface area contributed by atoms with Gasteiger partial charge in [-0.2, -0.15) is 13.2 Å². The van der Waals surface area contributed by atoms with Crippen LogP contribution in [0.25, 0.3) is 10.9 Å². The average Bonchev–Trinajstić information content (AvgIpc) is 3.52. The summed E-state index contributed by atoms with van der Waals surface area (Å²) < 4.78 is 68.5. The number of anilines is 1. The molecule has 43 heavy (non-hydrogen) atoms. The first-order valence-electron chi connectivity index (χ1n) is 13.3. The van der Waals surface area contributed by atoms with Crippen LogP contribution in [0.3, 0.4) is 0 Å². The molecule has 0 unspecified atom stereocenters. The fourth-order valence-electron chi connectivity index (χ4n) is 4.85. The molecule has 1 saturated carbocycles. The van der Waals surface area contributed by atoms with Crippen LogP contribution in [0.5, 0.6) is 0 Å². The molecule has 0 spiro atoms. The van der Waals surface area contributed by atoms with E-state index in [-0.39, 0.29) is 53.2 Å². The van der Waals surface area contributed by atoms with Crippen molar-refractivity contribution < 1.29 is 42.0 Å². The van der Waals surface area contributed by atoms with Gasteiger partial charge in [0.15, 0.2) is 0 Å². The number of benzene rings is 1. The highest BCUT2D eigenvalue weighted by molar-refractivity contribution is 6.71. The normalized spacial score (nSPS) is 22.3. The predicted octanol–water partition coefficient (Wildman–Crippen LogP) is 3.49. The first-order chi connectivity index (χ1) is 19.8. The zero-order valence-corrected chi connectivity index (χ0v) is 24.5. The SMILES string of the molecule is CC(C)(O)C[NH2+]/C=C(\C(=N)Cl)C(=O)N[C@H]1C[C@@H](Nc2cc(C(F)(F)F)nc3ccc(Cl)cc23)CN(C(=O)[C@H]2CC2(F)F)C1. The Hall–Kier alpha value is -3.07. The van der Waals surface area contributed by atoms with Crippen LogP contribution in [0.15, 0.2) is 36.0 Å². The van der Waals surface area contributed by atoms with Crippen molar-refractivity contribution in [2.45, 2.75) is 56.5 Å². The summed E-state index contributed by atoms with van der Waals surface area (Å²) in [5.41, 5.74) is -2.49. The summed E-state index contributed by atoms with van der Waals surface area (Å²) in [6, 6.07) is 3.32. The van der Waals surface area contributed by atoms with Gasteiger partial charge in [-0.15, -0.1) is 0 Å². The zero-order chi connectivity index (χ0) is 31.9. The van der Waals surface area contributed by atoms with Crippen molar-refractivity contribution in [3.63, 3.8) is 0 Å². The lowest BCUT2D eigenvalue weighted by Gasteiger charge is -2.39. The van der Waals surface area contributed by atoms with E-state index >= 15 is 0 Å². The van der Waals surface area contributed by atoms with Crippen LogP contribution in [0.1, 0.15) is 32.4 Å². The Balaban J connectivity index is 1.62. The van der Waals surface area contributed by atoms with Gasteiger partial charge in [0.1, 0.15) is 40.7 Å². The van der Waals surface area contributed by atoms with Crippen LogP contribution >= 0.6 is 23.2 Å². The van der Waals surface area contributed by atoms with Gasteiger partial charge < -0.3 is 26.0 Å². The Morgan fingerprint density at radius 3 is 2.47 bits per heavy atom. The second-order valence-electron chi connectivity index (χ2n) is 11.4. The molecule has 2 aromatic rings. The van der Waals surface area contributed by atoms with E-state index in [1.807, 2.05) is 0 Å². The number of likely N-dealkylation sites (tertiary alicyclic amines) is 1. The molecular weight excluding hydrogens is 622 g/mol. The molecule has 9 nitrogen and oxygen atoms in total. The number of nitrogens with two attached hydrogens (primary N) is 1. The van der Waals surface area contributed by atoms with Gasteiger partial charge in [-0.05, 0) is 44.5 Å². The number of carbonyl (C=O) groups excluding carboxylic acids is 2. The summed E-state index contributed by atoms with van der Waals surface area (Å²) in [6.07, 6.45) is -4.05. The molecular formula is C27H30Cl2F5N6O3+. The van der Waals surface area contributed by atoms with Crippen molar-refractivity contribution in [3.05, 3.63) is 46.8 Å². The number of piperidine rings is 1. The molecule has 234 valence electrons. The molecule has 1 aliphatic heterocycles. The fraction of sp³-hybridized carbons (Fsp3) is 0.481. The molecule has 4 rings (SSSR count). The number of amides is 2. The van der Waals surface area contributed by atoms with Crippen molar-refractivity contribution in [1.82, 2.24) is 15.2 Å². The van der Waals surface area contributed by atoms with Gasteiger partial charge in [0.05, 0.1) is 5.52 Å². The van der Waals surface area contributed by atoms with E-state index in [9.17, 15) is 36.6 Å². The van der Waals surface area contributed by atoms with E-state index in [0.29, 0.717) is 0 Å². The number of halogens is 7. The van der Waals surface area contributed by atoms with E-state index in [1.54, 1.807) is 13.8 Å². The van der Waals surface area contributed by atoms with Crippen LogP contribution in [-0.2, 0) is 15.8 Å². The second kappa shape index (κ2) is 12.1. The van der Waals surface area contributed by atoms with E-state index in [2.05, 4.69) is 15.6 Å². The second-order valence-corrected chi connectivity index (χ2v) is 12.2. The molecule has 1 aromatic carbocycles. The highest BCUT2D eigenvalue weighted by atomic mass is 35.5. The van der Waals surface area contributed by atoms with Crippen molar-refractivity contribution in [2.75, 3.05) is 25.0 Å². The molecule has 1 aromatic heterocycles. The molecule has 6 N–H and O–H groups in total. The third-order valence-corrected chi connectivity index (χ3v) is 7.46. The largest absolute Gasteiger partial charge is 0.433 e. The number of nitrogens with one attached hydrogen (secondary N) is 3.